The minimum absolute atomic E-state index is 0.240. The van der Waals surface area contributed by atoms with Crippen molar-refractivity contribution in [2.24, 2.45) is 5.73 Å². The number of thiophene rings is 1. The SMILES string of the molecule is Cc1ccsc1C(O)C(CN)c1ccc(F)cc1Cl. The van der Waals surface area contributed by atoms with Crippen LogP contribution in [0.4, 0.5) is 4.39 Å². The van der Waals surface area contributed by atoms with Crippen molar-refractivity contribution in [1.29, 1.82) is 0 Å². The summed E-state index contributed by atoms with van der Waals surface area (Å²) in [5.74, 6) is -0.739. The third kappa shape index (κ3) is 2.98. The molecule has 2 rings (SSSR count). The molecule has 102 valence electrons. The molecule has 1 heterocycles. The molecule has 0 aliphatic rings. The Morgan fingerprint density at radius 2 is 2.16 bits per heavy atom. The Kier molecular flexibility index (Phi) is 4.58. The van der Waals surface area contributed by atoms with Crippen molar-refractivity contribution < 1.29 is 9.50 Å². The monoisotopic (exact) mass is 299 g/mol. The normalized spacial score (nSPS) is 14.4. The Bertz CT molecular complexity index is 572. The van der Waals surface area contributed by atoms with Crippen molar-refractivity contribution in [3.8, 4) is 0 Å². The lowest BCUT2D eigenvalue weighted by atomic mass is 9.91. The van der Waals surface area contributed by atoms with Crippen molar-refractivity contribution in [2.75, 3.05) is 6.54 Å². The number of hydrogen-bond acceptors (Lipinski definition) is 3. The first-order chi connectivity index (χ1) is 9.04. The van der Waals surface area contributed by atoms with E-state index >= 15 is 0 Å². The van der Waals surface area contributed by atoms with Gasteiger partial charge in [-0.25, -0.2) is 4.39 Å². The number of rotatable bonds is 4. The van der Waals surface area contributed by atoms with E-state index in [9.17, 15) is 9.50 Å². The highest BCUT2D eigenvalue weighted by molar-refractivity contribution is 7.10. The van der Waals surface area contributed by atoms with E-state index in [1.165, 1.54) is 23.5 Å². The van der Waals surface area contributed by atoms with E-state index in [2.05, 4.69) is 0 Å². The molecule has 2 nitrogen and oxygen atoms in total. The highest BCUT2D eigenvalue weighted by Gasteiger charge is 2.25. The van der Waals surface area contributed by atoms with Gasteiger partial charge in [0.1, 0.15) is 5.82 Å². The van der Waals surface area contributed by atoms with Gasteiger partial charge in [-0.1, -0.05) is 17.7 Å². The van der Waals surface area contributed by atoms with E-state index < -0.39 is 11.9 Å². The second-order valence-corrected chi connectivity index (χ2v) is 5.78. The second-order valence-electron chi connectivity index (χ2n) is 4.42. The van der Waals surface area contributed by atoms with Crippen molar-refractivity contribution in [3.63, 3.8) is 0 Å². The van der Waals surface area contributed by atoms with Crippen LogP contribution in [0.3, 0.4) is 0 Å². The largest absolute Gasteiger partial charge is 0.387 e. The Morgan fingerprint density at radius 3 is 2.68 bits per heavy atom. The van der Waals surface area contributed by atoms with Crippen molar-refractivity contribution in [3.05, 3.63) is 56.5 Å². The number of aliphatic hydroxyl groups excluding tert-OH is 1. The molecule has 0 aliphatic carbocycles. The molecule has 5 heteroatoms. The van der Waals surface area contributed by atoms with E-state index in [0.717, 1.165) is 10.4 Å². The summed E-state index contributed by atoms with van der Waals surface area (Å²) in [7, 11) is 0. The van der Waals surface area contributed by atoms with Crippen LogP contribution in [0.15, 0.2) is 29.6 Å². The van der Waals surface area contributed by atoms with Gasteiger partial charge in [0.2, 0.25) is 0 Å². The van der Waals surface area contributed by atoms with E-state index in [0.29, 0.717) is 10.6 Å². The number of halogens is 2. The Hall–Kier alpha value is -0.940. The van der Waals surface area contributed by atoms with Gasteiger partial charge >= 0.3 is 0 Å². The van der Waals surface area contributed by atoms with Crippen molar-refractivity contribution in [1.82, 2.24) is 0 Å². The fourth-order valence-corrected chi connectivity index (χ4v) is 3.38. The quantitative estimate of drug-likeness (QED) is 0.905. The maximum absolute atomic E-state index is 13.1. The van der Waals surface area contributed by atoms with Crippen molar-refractivity contribution in [2.45, 2.75) is 18.9 Å². The molecule has 0 saturated carbocycles. The van der Waals surface area contributed by atoms with E-state index in [1.54, 1.807) is 6.07 Å². The third-order valence-electron chi connectivity index (χ3n) is 3.17. The Labute approximate surface area is 120 Å². The Balaban J connectivity index is 2.37. The van der Waals surface area contributed by atoms with Gasteiger partial charge in [0.05, 0.1) is 6.10 Å². The summed E-state index contributed by atoms with van der Waals surface area (Å²) in [5.41, 5.74) is 7.46. The van der Waals surface area contributed by atoms with Gasteiger partial charge in [0, 0.05) is 22.4 Å². The zero-order valence-electron chi connectivity index (χ0n) is 10.4. The molecule has 1 aromatic heterocycles. The Morgan fingerprint density at radius 1 is 1.42 bits per heavy atom. The van der Waals surface area contributed by atoms with E-state index in [-0.39, 0.29) is 12.5 Å². The third-order valence-corrected chi connectivity index (χ3v) is 4.58. The number of aryl methyl sites for hydroxylation is 1. The lowest BCUT2D eigenvalue weighted by molar-refractivity contribution is 0.150. The summed E-state index contributed by atoms with van der Waals surface area (Å²) in [5, 5.41) is 12.7. The highest BCUT2D eigenvalue weighted by Crippen LogP contribution is 2.37. The summed E-state index contributed by atoms with van der Waals surface area (Å²) in [6.45, 7) is 2.18. The van der Waals surface area contributed by atoms with Gasteiger partial charge in [-0.3, -0.25) is 0 Å². The first-order valence-corrected chi connectivity index (χ1v) is 7.17. The fraction of sp³-hybridized carbons (Fsp3) is 0.286. The average molecular weight is 300 g/mol. The maximum atomic E-state index is 13.1. The molecule has 0 fully saturated rings. The zero-order chi connectivity index (χ0) is 14.0. The number of aliphatic hydroxyl groups is 1. The highest BCUT2D eigenvalue weighted by atomic mass is 35.5. The first-order valence-electron chi connectivity index (χ1n) is 5.91. The second kappa shape index (κ2) is 6.01. The molecule has 0 amide bonds. The topological polar surface area (TPSA) is 46.2 Å². The molecule has 2 aromatic rings. The van der Waals surface area contributed by atoms with Gasteiger partial charge in [-0.05, 0) is 41.6 Å². The van der Waals surface area contributed by atoms with Crippen LogP contribution < -0.4 is 5.73 Å². The predicted octanol–water partition coefficient (Wildman–Crippen LogP) is 3.62. The van der Waals surface area contributed by atoms with Gasteiger partial charge in [0.25, 0.3) is 0 Å². The molecule has 0 bridgehead atoms. The van der Waals surface area contributed by atoms with E-state index in [1.807, 2.05) is 18.4 Å². The molecular weight excluding hydrogens is 285 g/mol. The molecule has 0 saturated heterocycles. The minimum atomic E-state index is -0.729. The molecule has 2 atom stereocenters. The molecular formula is C14H15ClFNOS. The predicted molar refractivity (Wildman–Crippen MR) is 77.2 cm³/mol. The average Bonchev–Trinajstić information content (AvgIpc) is 2.78. The van der Waals surface area contributed by atoms with Gasteiger partial charge in [-0.15, -0.1) is 11.3 Å². The summed E-state index contributed by atoms with van der Waals surface area (Å²) in [6, 6.07) is 6.11. The number of benzene rings is 1. The standard InChI is InChI=1S/C14H15ClFNOS/c1-8-4-5-19-14(8)13(18)11(7-17)10-3-2-9(16)6-12(10)15/h2-6,11,13,18H,7,17H2,1H3. The number of nitrogens with two attached hydrogens (primary N) is 1. The molecule has 19 heavy (non-hydrogen) atoms. The van der Waals surface area contributed by atoms with Crippen LogP contribution in [-0.2, 0) is 0 Å². The molecule has 0 spiro atoms. The zero-order valence-corrected chi connectivity index (χ0v) is 12.0. The molecule has 0 aliphatic heterocycles. The smallest absolute Gasteiger partial charge is 0.124 e. The summed E-state index contributed by atoms with van der Waals surface area (Å²) in [6.07, 6.45) is -0.729. The summed E-state index contributed by atoms with van der Waals surface area (Å²) in [4.78, 5) is 0.871. The minimum Gasteiger partial charge on any atom is -0.387 e. The van der Waals surface area contributed by atoms with Crippen LogP contribution in [-0.4, -0.2) is 11.7 Å². The van der Waals surface area contributed by atoms with Crippen LogP contribution in [0.1, 0.15) is 28.0 Å². The van der Waals surface area contributed by atoms with Gasteiger partial charge in [-0.2, -0.15) is 0 Å². The van der Waals surface area contributed by atoms with Crippen LogP contribution in [0.25, 0.3) is 0 Å². The molecule has 2 unspecified atom stereocenters. The molecule has 0 radical (unpaired) electrons. The summed E-state index contributed by atoms with van der Waals surface area (Å²) >= 11 is 7.53. The maximum Gasteiger partial charge on any atom is 0.124 e. The molecule has 1 aromatic carbocycles. The lowest BCUT2D eigenvalue weighted by Gasteiger charge is -2.22. The molecule has 3 N–H and O–H groups in total. The van der Waals surface area contributed by atoms with Crippen molar-refractivity contribution >= 4 is 22.9 Å². The van der Waals surface area contributed by atoms with Gasteiger partial charge < -0.3 is 10.8 Å². The van der Waals surface area contributed by atoms with Crippen LogP contribution in [0.5, 0.6) is 0 Å². The number of hydrogen-bond donors (Lipinski definition) is 2. The first kappa shape index (κ1) is 14.5. The van der Waals surface area contributed by atoms with Gasteiger partial charge in [0.15, 0.2) is 0 Å². The summed E-state index contributed by atoms with van der Waals surface area (Å²) < 4.78 is 13.1. The van der Waals surface area contributed by atoms with Crippen LogP contribution >= 0.6 is 22.9 Å². The fourth-order valence-electron chi connectivity index (χ4n) is 2.10. The lowest BCUT2D eigenvalue weighted by Crippen LogP contribution is -2.20. The van der Waals surface area contributed by atoms with E-state index in [4.69, 9.17) is 17.3 Å². The van der Waals surface area contributed by atoms with Crippen LogP contribution in [0, 0.1) is 12.7 Å². The van der Waals surface area contributed by atoms with Crippen LogP contribution in [0.2, 0.25) is 5.02 Å².